The molecule has 164 valence electrons. The Morgan fingerprint density at radius 3 is 2.33 bits per heavy atom. The summed E-state index contributed by atoms with van der Waals surface area (Å²) in [6.07, 6.45) is 0.247. The van der Waals surface area contributed by atoms with Crippen LogP contribution >= 0.6 is 0 Å². The first-order chi connectivity index (χ1) is 14.1. The molecule has 1 fully saturated rings. The van der Waals surface area contributed by atoms with Gasteiger partial charge in [-0.15, -0.1) is 0 Å². The minimum absolute atomic E-state index is 0.0197. The number of esters is 1. The smallest absolute Gasteiger partial charge is 0.411 e. The molecule has 1 aliphatic rings. The molecule has 2 rings (SSSR count). The van der Waals surface area contributed by atoms with Gasteiger partial charge in [-0.1, -0.05) is 30.3 Å². The summed E-state index contributed by atoms with van der Waals surface area (Å²) in [5.41, 5.74) is -0.995. The fourth-order valence-corrected chi connectivity index (χ4v) is 4.16. The molecule has 0 aromatic heterocycles. The highest BCUT2D eigenvalue weighted by atomic mass is 16.6. The summed E-state index contributed by atoms with van der Waals surface area (Å²) in [5, 5.41) is 0. The van der Waals surface area contributed by atoms with Gasteiger partial charge in [0.2, 0.25) is 0 Å². The summed E-state index contributed by atoms with van der Waals surface area (Å²) in [6, 6.07) is 8.30. The highest BCUT2D eigenvalue weighted by Crippen LogP contribution is 2.46. The number of benzene rings is 1. The largest absolute Gasteiger partial charge is 0.464 e. The lowest BCUT2D eigenvalue weighted by Gasteiger charge is -2.32. The number of likely N-dealkylation sites (tertiary alicyclic amines) is 1. The monoisotopic (exact) mass is 417 g/mol. The van der Waals surface area contributed by atoms with Crippen molar-refractivity contribution in [2.45, 2.75) is 59.1 Å². The zero-order chi connectivity index (χ0) is 22.5. The van der Waals surface area contributed by atoms with Gasteiger partial charge in [-0.2, -0.15) is 0 Å². The third-order valence-electron chi connectivity index (χ3n) is 5.45. The van der Waals surface area contributed by atoms with Gasteiger partial charge in [0.15, 0.2) is 0 Å². The zero-order valence-corrected chi connectivity index (χ0v) is 18.3. The van der Waals surface area contributed by atoms with Crippen LogP contribution in [0.1, 0.15) is 46.6 Å². The van der Waals surface area contributed by atoms with Crippen LogP contribution in [0, 0.1) is 11.3 Å². The number of ketones is 1. The first kappa shape index (κ1) is 23.6. The van der Waals surface area contributed by atoms with E-state index >= 15 is 0 Å². The topological polar surface area (TPSA) is 90.0 Å². The van der Waals surface area contributed by atoms with Crippen LogP contribution in [-0.4, -0.2) is 53.8 Å². The summed E-state index contributed by atoms with van der Waals surface area (Å²) in [6.45, 7) is 8.40. The second-order valence-corrected chi connectivity index (χ2v) is 8.69. The number of hydrogen-bond acceptors (Lipinski definition) is 6. The molecule has 0 saturated carbocycles. The molecular formula is C23H31NO6. The molecule has 1 amide bonds. The number of rotatable bonds is 7. The lowest BCUT2D eigenvalue weighted by Crippen LogP contribution is -2.46. The molecule has 0 aliphatic carbocycles. The Bertz CT molecular complexity index is 785. The third-order valence-corrected chi connectivity index (χ3v) is 5.45. The van der Waals surface area contributed by atoms with Gasteiger partial charge in [0.25, 0.3) is 0 Å². The lowest BCUT2D eigenvalue weighted by atomic mass is 9.68. The van der Waals surface area contributed by atoms with E-state index in [0.29, 0.717) is 12.7 Å². The molecule has 1 aromatic rings. The van der Waals surface area contributed by atoms with Crippen LogP contribution in [0.2, 0.25) is 0 Å². The third kappa shape index (κ3) is 5.07. The lowest BCUT2D eigenvalue weighted by molar-refractivity contribution is -0.150. The van der Waals surface area contributed by atoms with E-state index < -0.39 is 35.0 Å². The van der Waals surface area contributed by atoms with Crippen molar-refractivity contribution in [3.8, 4) is 0 Å². The number of ether oxygens (including phenoxy) is 2. The normalized spacial score (nSPS) is 23.7. The van der Waals surface area contributed by atoms with Gasteiger partial charge >= 0.3 is 12.1 Å². The minimum Gasteiger partial charge on any atom is -0.464 e. The van der Waals surface area contributed by atoms with E-state index in [1.807, 2.05) is 30.3 Å². The van der Waals surface area contributed by atoms with Gasteiger partial charge in [0.1, 0.15) is 23.7 Å². The maximum Gasteiger partial charge on any atom is 0.411 e. The molecule has 30 heavy (non-hydrogen) atoms. The van der Waals surface area contributed by atoms with Crippen molar-refractivity contribution >= 4 is 24.1 Å². The molecule has 0 spiro atoms. The molecule has 3 atom stereocenters. The van der Waals surface area contributed by atoms with Crippen molar-refractivity contribution < 1.29 is 28.7 Å². The second kappa shape index (κ2) is 9.41. The molecule has 0 N–H and O–H groups in total. The Labute approximate surface area is 177 Å². The first-order valence-electron chi connectivity index (χ1n) is 10.2. The molecule has 7 heteroatoms. The maximum absolute atomic E-state index is 13.0. The fraction of sp³-hybridized carbons (Fsp3) is 0.565. The van der Waals surface area contributed by atoms with Gasteiger partial charge in [-0.3, -0.25) is 9.69 Å². The van der Waals surface area contributed by atoms with E-state index in [1.54, 1.807) is 27.7 Å². The van der Waals surface area contributed by atoms with Crippen LogP contribution in [0.25, 0.3) is 0 Å². The average molecular weight is 418 g/mol. The molecule has 1 aliphatic heterocycles. The van der Waals surface area contributed by atoms with Crippen LogP contribution < -0.4 is 0 Å². The SMILES string of the molecule is CCOC(=O)[C@@H]1[C@@H](CC=O)[C@@](Cc2ccccc2)(C(C)=O)CN1C(=O)OC(C)(C)C. The Morgan fingerprint density at radius 1 is 1.20 bits per heavy atom. The van der Waals surface area contributed by atoms with E-state index in [1.165, 1.54) is 11.8 Å². The van der Waals surface area contributed by atoms with Crippen molar-refractivity contribution in [3.63, 3.8) is 0 Å². The van der Waals surface area contributed by atoms with Crippen LogP contribution in [0.15, 0.2) is 30.3 Å². The first-order valence-corrected chi connectivity index (χ1v) is 10.2. The quantitative estimate of drug-likeness (QED) is 0.500. The van der Waals surface area contributed by atoms with Crippen LogP contribution in [-0.2, 0) is 30.3 Å². The molecule has 0 radical (unpaired) electrons. The number of carbonyl (C=O) groups is 4. The minimum atomic E-state index is -1.10. The summed E-state index contributed by atoms with van der Waals surface area (Å²) >= 11 is 0. The van der Waals surface area contributed by atoms with Crippen LogP contribution in [0.4, 0.5) is 4.79 Å². The molecule has 1 heterocycles. The highest BCUT2D eigenvalue weighted by Gasteiger charge is 2.59. The maximum atomic E-state index is 13.0. The van der Waals surface area contributed by atoms with Gasteiger partial charge in [-0.05, 0) is 46.6 Å². The number of hydrogen-bond donors (Lipinski definition) is 0. The highest BCUT2D eigenvalue weighted by molar-refractivity contribution is 5.90. The van der Waals surface area contributed by atoms with E-state index in [-0.39, 0.29) is 25.4 Å². The Hall–Kier alpha value is -2.70. The Kier molecular flexibility index (Phi) is 7.39. The molecule has 0 bridgehead atoms. The number of Topliss-reactive ketones (excluding diaryl/α,β-unsaturated/α-hetero) is 1. The van der Waals surface area contributed by atoms with Crippen molar-refractivity contribution in [1.29, 1.82) is 0 Å². The Balaban J connectivity index is 2.56. The Morgan fingerprint density at radius 2 is 1.83 bits per heavy atom. The molecule has 7 nitrogen and oxygen atoms in total. The number of nitrogens with zero attached hydrogens (tertiary/aromatic N) is 1. The van der Waals surface area contributed by atoms with Crippen molar-refractivity contribution in [2.24, 2.45) is 11.3 Å². The van der Waals surface area contributed by atoms with E-state index in [2.05, 4.69) is 0 Å². The number of carbonyl (C=O) groups excluding carboxylic acids is 4. The second-order valence-electron chi connectivity index (χ2n) is 8.69. The summed E-state index contributed by atoms with van der Waals surface area (Å²) < 4.78 is 10.7. The van der Waals surface area contributed by atoms with E-state index in [0.717, 1.165) is 5.56 Å². The van der Waals surface area contributed by atoms with Crippen molar-refractivity contribution in [2.75, 3.05) is 13.2 Å². The van der Waals surface area contributed by atoms with Crippen molar-refractivity contribution in [1.82, 2.24) is 4.90 Å². The van der Waals surface area contributed by atoms with Gasteiger partial charge < -0.3 is 14.3 Å². The summed E-state index contributed by atoms with van der Waals surface area (Å²) in [7, 11) is 0. The number of aldehydes is 1. The average Bonchev–Trinajstić information content (AvgIpc) is 2.97. The predicted molar refractivity (Wildman–Crippen MR) is 111 cm³/mol. The van der Waals surface area contributed by atoms with Crippen molar-refractivity contribution in [3.05, 3.63) is 35.9 Å². The van der Waals surface area contributed by atoms with E-state index in [9.17, 15) is 19.2 Å². The van der Waals surface area contributed by atoms with E-state index in [4.69, 9.17) is 9.47 Å². The number of amides is 1. The van der Waals surface area contributed by atoms with Gasteiger partial charge in [-0.25, -0.2) is 9.59 Å². The molecule has 1 aromatic carbocycles. The van der Waals surface area contributed by atoms with Crippen LogP contribution in [0.3, 0.4) is 0 Å². The van der Waals surface area contributed by atoms with Gasteiger partial charge in [0, 0.05) is 18.9 Å². The predicted octanol–water partition coefficient (Wildman–Crippen LogP) is 3.19. The van der Waals surface area contributed by atoms with Gasteiger partial charge in [0.05, 0.1) is 12.0 Å². The molecule has 1 saturated heterocycles. The molecular weight excluding hydrogens is 386 g/mol. The summed E-state index contributed by atoms with van der Waals surface area (Å²) in [5.74, 6) is -1.52. The van der Waals surface area contributed by atoms with Crippen LogP contribution in [0.5, 0.6) is 0 Å². The zero-order valence-electron chi connectivity index (χ0n) is 18.3. The fourth-order valence-electron chi connectivity index (χ4n) is 4.16. The standard InChI is InChI=1S/C23H31NO6/c1-6-29-20(27)19-18(12-13-25)23(16(2)26,14-17-10-8-7-9-11-17)15-24(19)21(28)30-22(3,4)5/h7-11,13,18-19H,6,12,14-15H2,1-5H3/t18-,19+,23-/m1/s1. The summed E-state index contributed by atoms with van der Waals surface area (Å²) in [4.78, 5) is 51.7. The molecule has 0 unspecified atom stereocenters.